The Morgan fingerprint density at radius 3 is 2.38 bits per heavy atom. The van der Waals surface area contributed by atoms with E-state index in [1.807, 2.05) is 24.3 Å². The second-order valence-electron chi connectivity index (χ2n) is 8.91. The SMILES string of the molecule is CCCS(=O)(=O)Nc1cccc(-c2cn(-c3ccc(N4CCNCC4)cc3)nc2-c2ccncc2)c1F. The summed E-state index contributed by atoms with van der Waals surface area (Å²) in [5.74, 6) is -0.730. The van der Waals surface area contributed by atoms with Gasteiger partial charge in [-0.2, -0.15) is 5.10 Å². The van der Waals surface area contributed by atoms with E-state index in [-0.39, 0.29) is 17.0 Å². The summed E-state index contributed by atoms with van der Waals surface area (Å²) in [5.41, 5.74) is 4.04. The van der Waals surface area contributed by atoms with Gasteiger partial charge < -0.3 is 10.2 Å². The van der Waals surface area contributed by atoms with E-state index < -0.39 is 15.8 Å². The number of hydrogen-bond acceptors (Lipinski definition) is 6. The Bertz CT molecular complexity index is 1470. The smallest absolute Gasteiger partial charge is 0.232 e. The van der Waals surface area contributed by atoms with Gasteiger partial charge in [0.15, 0.2) is 5.82 Å². The van der Waals surface area contributed by atoms with Gasteiger partial charge in [-0.3, -0.25) is 9.71 Å². The third-order valence-corrected chi connectivity index (χ3v) is 7.77. The van der Waals surface area contributed by atoms with E-state index in [9.17, 15) is 8.42 Å². The van der Waals surface area contributed by atoms with Crippen molar-refractivity contribution in [2.75, 3.05) is 41.6 Å². The molecule has 1 saturated heterocycles. The Morgan fingerprint density at radius 2 is 1.68 bits per heavy atom. The average Bonchev–Trinajstić information content (AvgIpc) is 3.36. The van der Waals surface area contributed by atoms with Gasteiger partial charge >= 0.3 is 0 Å². The highest BCUT2D eigenvalue weighted by Gasteiger charge is 2.21. The minimum absolute atomic E-state index is 0.0825. The highest BCUT2D eigenvalue weighted by molar-refractivity contribution is 7.92. The van der Waals surface area contributed by atoms with Crippen LogP contribution < -0.4 is 14.9 Å². The Kier molecular flexibility index (Phi) is 7.20. The predicted molar refractivity (Wildman–Crippen MR) is 145 cm³/mol. The molecular weight excluding hydrogens is 491 g/mol. The molecule has 8 nitrogen and oxygen atoms in total. The molecule has 0 unspecified atom stereocenters. The molecule has 4 aromatic rings. The van der Waals surface area contributed by atoms with Crippen molar-refractivity contribution in [1.82, 2.24) is 20.1 Å². The summed E-state index contributed by atoms with van der Waals surface area (Å²) < 4.78 is 44.4. The normalized spacial score (nSPS) is 14.1. The van der Waals surface area contributed by atoms with Crippen molar-refractivity contribution in [3.8, 4) is 28.1 Å². The molecule has 0 spiro atoms. The zero-order chi connectivity index (χ0) is 25.8. The van der Waals surface area contributed by atoms with Crippen LogP contribution in [0.3, 0.4) is 0 Å². The van der Waals surface area contributed by atoms with Crippen LogP contribution in [-0.2, 0) is 10.0 Å². The summed E-state index contributed by atoms with van der Waals surface area (Å²) >= 11 is 0. The molecular formula is C27H29FN6O2S. The third-order valence-electron chi connectivity index (χ3n) is 6.29. The van der Waals surface area contributed by atoms with Crippen molar-refractivity contribution in [2.24, 2.45) is 0 Å². The third kappa shape index (κ3) is 5.50. The molecule has 2 N–H and O–H groups in total. The zero-order valence-corrected chi connectivity index (χ0v) is 21.4. The number of halogens is 1. The van der Waals surface area contributed by atoms with Crippen LogP contribution in [0.5, 0.6) is 0 Å². The number of nitrogens with zero attached hydrogens (tertiary/aromatic N) is 4. The van der Waals surface area contributed by atoms with Crippen molar-refractivity contribution in [1.29, 1.82) is 0 Å². The van der Waals surface area contributed by atoms with Crippen LogP contribution in [0, 0.1) is 5.82 Å². The summed E-state index contributed by atoms with van der Waals surface area (Å²) in [6.07, 6.45) is 5.53. The quantitative estimate of drug-likeness (QED) is 0.360. The Balaban J connectivity index is 1.55. The maximum atomic E-state index is 15.7. The fourth-order valence-electron chi connectivity index (χ4n) is 4.47. The Labute approximate surface area is 216 Å². The van der Waals surface area contributed by atoms with Gasteiger partial charge in [-0.05, 0) is 48.9 Å². The molecule has 0 saturated carbocycles. The summed E-state index contributed by atoms with van der Waals surface area (Å²) in [6, 6.07) is 16.5. The minimum atomic E-state index is -3.65. The number of pyridine rings is 1. The van der Waals surface area contributed by atoms with Crippen LogP contribution >= 0.6 is 0 Å². The maximum Gasteiger partial charge on any atom is 0.232 e. The van der Waals surface area contributed by atoms with Crippen LogP contribution in [0.1, 0.15) is 13.3 Å². The summed E-state index contributed by atoms with van der Waals surface area (Å²) in [7, 11) is -3.65. The van der Waals surface area contributed by atoms with Crippen molar-refractivity contribution in [3.05, 3.63) is 79.0 Å². The highest BCUT2D eigenvalue weighted by Crippen LogP contribution is 2.36. The highest BCUT2D eigenvalue weighted by atomic mass is 32.2. The van der Waals surface area contributed by atoms with E-state index in [4.69, 9.17) is 5.10 Å². The molecule has 2 aromatic carbocycles. The van der Waals surface area contributed by atoms with Gasteiger partial charge in [0, 0.05) is 67.1 Å². The topological polar surface area (TPSA) is 92.2 Å². The summed E-state index contributed by atoms with van der Waals surface area (Å²) in [6.45, 7) is 5.58. The molecule has 5 rings (SSSR count). The van der Waals surface area contributed by atoms with Crippen molar-refractivity contribution in [2.45, 2.75) is 13.3 Å². The molecule has 0 aliphatic carbocycles. The number of sulfonamides is 1. The summed E-state index contributed by atoms with van der Waals surface area (Å²) in [5, 5.41) is 8.16. The first-order chi connectivity index (χ1) is 17.9. The van der Waals surface area contributed by atoms with Crippen LogP contribution in [0.2, 0.25) is 0 Å². The first-order valence-corrected chi connectivity index (χ1v) is 14.0. The van der Waals surface area contributed by atoms with Crippen LogP contribution in [0.25, 0.3) is 28.1 Å². The first-order valence-electron chi connectivity index (χ1n) is 12.3. The van der Waals surface area contributed by atoms with Crippen molar-refractivity contribution in [3.63, 3.8) is 0 Å². The predicted octanol–water partition coefficient (Wildman–Crippen LogP) is 4.30. The number of nitrogens with one attached hydrogen (secondary N) is 2. The van der Waals surface area contributed by atoms with E-state index in [2.05, 4.69) is 32.1 Å². The van der Waals surface area contributed by atoms with Crippen molar-refractivity contribution >= 4 is 21.4 Å². The molecule has 3 heterocycles. The molecule has 0 amide bonds. The van der Waals surface area contributed by atoms with Gasteiger partial charge in [0.2, 0.25) is 10.0 Å². The van der Waals surface area contributed by atoms with E-state index in [0.29, 0.717) is 17.7 Å². The lowest BCUT2D eigenvalue weighted by atomic mass is 10.0. The second-order valence-corrected chi connectivity index (χ2v) is 10.8. The van der Waals surface area contributed by atoms with Gasteiger partial charge in [0.05, 0.1) is 17.1 Å². The lowest BCUT2D eigenvalue weighted by Crippen LogP contribution is -2.43. The van der Waals surface area contributed by atoms with E-state index >= 15 is 4.39 Å². The molecule has 0 atom stereocenters. The van der Waals surface area contributed by atoms with Gasteiger partial charge in [-0.25, -0.2) is 17.5 Å². The van der Waals surface area contributed by atoms with Crippen molar-refractivity contribution < 1.29 is 12.8 Å². The van der Waals surface area contributed by atoms with E-state index in [1.54, 1.807) is 42.3 Å². The number of hydrogen-bond donors (Lipinski definition) is 2. The first kappa shape index (κ1) is 24.9. The molecule has 192 valence electrons. The fourth-order valence-corrected chi connectivity index (χ4v) is 5.60. The molecule has 2 aromatic heterocycles. The fraction of sp³-hybridized carbons (Fsp3) is 0.259. The molecule has 37 heavy (non-hydrogen) atoms. The number of aromatic nitrogens is 3. The monoisotopic (exact) mass is 520 g/mol. The molecule has 0 bridgehead atoms. The van der Waals surface area contributed by atoms with Gasteiger partial charge in [0.25, 0.3) is 0 Å². The molecule has 10 heteroatoms. The number of rotatable bonds is 8. The number of piperazine rings is 1. The maximum absolute atomic E-state index is 15.7. The molecule has 1 aliphatic rings. The lowest BCUT2D eigenvalue weighted by molar-refractivity contribution is 0.589. The lowest BCUT2D eigenvalue weighted by Gasteiger charge is -2.29. The van der Waals surface area contributed by atoms with Crippen LogP contribution in [0.4, 0.5) is 15.8 Å². The van der Waals surface area contributed by atoms with Gasteiger partial charge in [-0.1, -0.05) is 19.1 Å². The van der Waals surface area contributed by atoms with E-state index in [0.717, 1.165) is 43.1 Å². The molecule has 0 radical (unpaired) electrons. The largest absolute Gasteiger partial charge is 0.369 e. The van der Waals surface area contributed by atoms with Crippen LogP contribution in [-0.4, -0.2) is 55.1 Å². The number of anilines is 2. The standard InChI is InChI=1S/C27H29FN6O2S/c1-2-18-37(35,36)32-25-5-3-4-23(26(25)28)24-19-34(31-27(24)20-10-12-29-13-11-20)22-8-6-21(7-9-22)33-16-14-30-15-17-33/h3-13,19,30,32H,2,14-18H2,1H3. The van der Waals surface area contributed by atoms with E-state index in [1.165, 1.54) is 6.07 Å². The van der Waals surface area contributed by atoms with Gasteiger partial charge in [0.1, 0.15) is 5.69 Å². The van der Waals surface area contributed by atoms with Crippen LogP contribution in [0.15, 0.2) is 73.2 Å². The average molecular weight is 521 g/mol. The summed E-state index contributed by atoms with van der Waals surface area (Å²) in [4.78, 5) is 6.42. The van der Waals surface area contributed by atoms with Gasteiger partial charge in [-0.15, -0.1) is 0 Å². The second kappa shape index (κ2) is 10.7. The Morgan fingerprint density at radius 1 is 0.973 bits per heavy atom. The number of benzene rings is 2. The zero-order valence-electron chi connectivity index (χ0n) is 20.6. The minimum Gasteiger partial charge on any atom is -0.369 e. The molecule has 1 aliphatic heterocycles. The molecule has 1 fully saturated rings. The Hall–Kier alpha value is -3.76.